The van der Waals surface area contributed by atoms with Crippen molar-refractivity contribution < 1.29 is 51.4 Å². The maximum absolute atomic E-state index is 0. The minimum absolute atomic E-state index is 0. The zero-order valence-corrected chi connectivity index (χ0v) is 4.12. The topological polar surface area (TPSA) is 0 Å². The molecule has 0 aromatic heterocycles. The van der Waals surface area contributed by atoms with Crippen LogP contribution in [0.2, 0.25) is 0 Å². The molecule has 0 aromatic carbocycles. The first-order valence-corrected chi connectivity index (χ1v) is 0. The van der Waals surface area contributed by atoms with Crippen LogP contribution in [-0.4, -0.2) is 53.0 Å². The van der Waals surface area contributed by atoms with Crippen LogP contribution < -0.4 is 51.4 Å². The average Bonchev–Trinajstić information content (AvgIpc) is 0. The van der Waals surface area contributed by atoms with Gasteiger partial charge in [0.15, 0.2) is 0 Å². The molecule has 0 unspecified atom stereocenters. The number of hydrogen-bond acceptors (Lipinski definition) is 0. The van der Waals surface area contributed by atoms with E-state index in [0.29, 0.717) is 0 Å². The third-order valence-electron chi connectivity index (χ3n) is 0. The fourth-order valence-corrected chi connectivity index (χ4v) is 0. The van der Waals surface area contributed by atoms with Gasteiger partial charge in [-0.05, 0) is 11.0 Å². The number of rotatable bonds is 0. The Kier molecular flexibility index (Phi) is 1640. The van der Waals surface area contributed by atoms with Crippen LogP contribution >= 0.6 is 0 Å². The van der Waals surface area contributed by atoms with E-state index in [0.717, 1.165) is 0 Å². The van der Waals surface area contributed by atoms with E-state index < -0.39 is 0 Å². The van der Waals surface area contributed by atoms with Gasteiger partial charge in [-0.3, -0.25) is 0 Å². The fraction of sp³-hybridized carbons (Fsp3) is 0. The van der Waals surface area contributed by atoms with E-state index in [9.17, 15) is 0 Å². The molecule has 0 amide bonds. The second kappa shape index (κ2) is 88.8. The minimum Gasteiger partial charge on any atom is -0.0626 e. The van der Waals surface area contributed by atoms with Crippen molar-refractivity contribution in [1.82, 2.24) is 0 Å². The van der Waals surface area contributed by atoms with E-state index >= 15 is 0 Å². The predicted molar refractivity (Wildman–Crippen MR) is 62.4 cm³/mol. The van der Waals surface area contributed by atoms with E-state index in [-0.39, 0.29) is 104 Å². The standard InChI is InChI=1S/BH4.4BH3.K.H4Si/h1H4;4*1H3;;1H4/q-1;;;;;+1;. The summed E-state index contributed by atoms with van der Waals surface area (Å²) in [7, 11) is 0. The zero-order valence-electron chi connectivity index (χ0n) is 1.00. The molecule has 0 aliphatic rings. The van der Waals surface area contributed by atoms with Crippen LogP contribution in [0.3, 0.4) is 0 Å². The Morgan fingerprint density at radius 2 is 0.571 bits per heavy atom. The summed E-state index contributed by atoms with van der Waals surface area (Å²) >= 11 is 0. The van der Waals surface area contributed by atoms with Crippen molar-refractivity contribution in [2.75, 3.05) is 0 Å². The molecule has 0 bridgehead atoms. The molecule has 0 heterocycles. The Bertz CT molecular complexity index is 8.04. The monoisotopic (exact) mass is 142 g/mol. The molecule has 0 fully saturated rings. The predicted octanol–water partition coefficient (Wildman–Crippen LogP) is -10.6. The molecule has 0 rings (SSSR count). The Morgan fingerprint density at radius 3 is 0.571 bits per heavy atom. The molecule has 7 heteroatoms. The summed E-state index contributed by atoms with van der Waals surface area (Å²) in [6.45, 7) is 0. The fourth-order valence-electron chi connectivity index (χ4n) is 0. The SMILES string of the molecule is B.B.B.B.[BH4-].[K+].[SiH4]. The Hall–Kier alpha value is 2.18. The smallest absolute Gasteiger partial charge is 0.0626 e. The Morgan fingerprint density at radius 1 is 0.571 bits per heavy atom. The van der Waals surface area contributed by atoms with Crippen LogP contribution in [0.15, 0.2) is 0 Å². The van der Waals surface area contributed by atoms with Gasteiger partial charge in [-0.15, -0.1) is 0 Å². The molecule has 0 spiro atoms. The van der Waals surface area contributed by atoms with Crippen LogP contribution in [-0.2, 0) is 0 Å². The van der Waals surface area contributed by atoms with Crippen molar-refractivity contribution in [3.05, 3.63) is 0 Å². The maximum atomic E-state index is 0. The van der Waals surface area contributed by atoms with Crippen LogP contribution in [0.4, 0.5) is 0 Å². The average molecular weight is 141 g/mol. The first-order chi connectivity index (χ1) is 0. The van der Waals surface area contributed by atoms with E-state index in [4.69, 9.17) is 0 Å². The molecular weight excluding hydrogens is 121 g/mol. The van der Waals surface area contributed by atoms with Gasteiger partial charge in [0.05, 0.1) is 33.7 Å². The summed E-state index contributed by atoms with van der Waals surface area (Å²) in [6.07, 6.45) is 0. The number of hydrogen-bond donors (Lipinski definition) is 0. The summed E-state index contributed by atoms with van der Waals surface area (Å²) in [5, 5.41) is 0. The van der Waals surface area contributed by atoms with E-state index in [1.54, 1.807) is 0 Å². The van der Waals surface area contributed by atoms with Crippen LogP contribution in [0.5, 0.6) is 0 Å². The van der Waals surface area contributed by atoms with Crippen molar-refractivity contribution in [3.8, 4) is 0 Å². The first-order valence-electron chi connectivity index (χ1n) is 0. The van der Waals surface area contributed by atoms with Gasteiger partial charge in [-0.25, -0.2) is 0 Å². The molecule has 40 valence electrons. The Balaban J connectivity index is 0. The largest absolute Gasteiger partial charge is 1.00 e. The third kappa shape index (κ3) is 65.8. The molecule has 0 aliphatic carbocycles. The van der Waals surface area contributed by atoms with Crippen LogP contribution in [0.25, 0.3) is 0 Å². The van der Waals surface area contributed by atoms with Crippen LogP contribution in [0.1, 0.15) is 0 Å². The van der Waals surface area contributed by atoms with Crippen molar-refractivity contribution in [2.45, 2.75) is 0 Å². The quantitative estimate of drug-likeness (QED) is 0.294. The first kappa shape index (κ1) is 129. The normalized spacial score (nSPS) is 0. The van der Waals surface area contributed by atoms with Gasteiger partial charge in [0.2, 0.25) is 0 Å². The van der Waals surface area contributed by atoms with Gasteiger partial charge in [-0.2, -0.15) is 0 Å². The second-order valence-electron chi connectivity index (χ2n) is 0. The maximum Gasteiger partial charge on any atom is 1.00 e. The molecule has 7 heavy (non-hydrogen) atoms. The van der Waals surface area contributed by atoms with Crippen molar-refractivity contribution in [2.24, 2.45) is 0 Å². The molecule has 0 N–H and O–H groups in total. The van der Waals surface area contributed by atoms with Gasteiger partial charge in [0.25, 0.3) is 0 Å². The Labute approximate surface area is 103 Å². The molecule has 0 nitrogen and oxygen atoms in total. The summed E-state index contributed by atoms with van der Waals surface area (Å²) in [6, 6.07) is 0. The van der Waals surface area contributed by atoms with Crippen molar-refractivity contribution in [1.29, 1.82) is 0 Å². The molecule has 0 aromatic rings. The summed E-state index contributed by atoms with van der Waals surface area (Å²) < 4.78 is 0. The molecule has 0 atom stereocenters. The summed E-state index contributed by atoms with van der Waals surface area (Å²) in [5.41, 5.74) is 0. The second-order valence-corrected chi connectivity index (χ2v) is 0. The third-order valence-corrected chi connectivity index (χ3v) is 0. The molecule has 0 radical (unpaired) electrons. The summed E-state index contributed by atoms with van der Waals surface area (Å²) in [4.78, 5) is 0. The molecular formula is H20B5KSi. The van der Waals surface area contributed by atoms with E-state index in [1.807, 2.05) is 0 Å². The molecule has 0 aliphatic heterocycles. The van der Waals surface area contributed by atoms with Crippen molar-refractivity contribution >= 4 is 53.0 Å². The molecule has 0 saturated carbocycles. The zero-order chi connectivity index (χ0) is 0. The van der Waals surface area contributed by atoms with E-state index in [1.165, 1.54) is 0 Å². The van der Waals surface area contributed by atoms with E-state index in [2.05, 4.69) is 0 Å². The van der Waals surface area contributed by atoms with Gasteiger partial charge < -0.3 is 0 Å². The summed E-state index contributed by atoms with van der Waals surface area (Å²) in [5.74, 6) is 0. The van der Waals surface area contributed by atoms with Gasteiger partial charge in [0, 0.05) is 0 Å². The minimum atomic E-state index is 0. The van der Waals surface area contributed by atoms with Gasteiger partial charge in [0.1, 0.15) is 0 Å². The van der Waals surface area contributed by atoms with Crippen molar-refractivity contribution in [3.63, 3.8) is 0 Å². The van der Waals surface area contributed by atoms with Crippen LogP contribution in [0, 0.1) is 0 Å². The van der Waals surface area contributed by atoms with Gasteiger partial charge >= 0.3 is 51.4 Å². The van der Waals surface area contributed by atoms with Gasteiger partial charge in [-0.1, -0.05) is 8.41 Å². The molecule has 0 saturated heterocycles.